The lowest BCUT2D eigenvalue weighted by molar-refractivity contribution is -0.122. The molecular weight excluding hydrogens is 348 g/mol. The largest absolute Gasteiger partial charge is 0.363 e. The van der Waals surface area contributed by atoms with Crippen LogP contribution in [0, 0.1) is 5.92 Å². The van der Waals surface area contributed by atoms with Crippen molar-refractivity contribution >= 4 is 40.8 Å². The molecule has 26 heavy (non-hydrogen) atoms. The van der Waals surface area contributed by atoms with Crippen molar-refractivity contribution < 1.29 is 9.59 Å². The van der Waals surface area contributed by atoms with Crippen LogP contribution in [-0.2, 0) is 9.59 Å². The van der Waals surface area contributed by atoms with E-state index >= 15 is 0 Å². The number of hydrogen-bond donors (Lipinski definition) is 1. The van der Waals surface area contributed by atoms with Gasteiger partial charge in [0, 0.05) is 37.6 Å². The predicted molar refractivity (Wildman–Crippen MR) is 106 cm³/mol. The summed E-state index contributed by atoms with van der Waals surface area (Å²) in [5.41, 5.74) is 1.48. The molecule has 1 aromatic carbocycles. The van der Waals surface area contributed by atoms with E-state index in [2.05, 4.69) is 10.3 Å². The lowest BCUT2D eigenvalue weighted by Crippen LogP contribution is -2.28. The molecule has 0 bridgehead atoms. The summed E-state index contributed by atoms with van der Waals surface area (Å²) in [4.78, 5) is 33.9. The molecule has 7 heteroatoms. The van der Waals surface area contributed by atoms with E-state index in [1.165, 1.54) is 0 Å². The molecule has 0 radical (unpaired) electrons. The zero-order chi connectivity index (χ0) is 18.7. The number of pyridine rings is 1. The van der Waals surface area contributed by atoms with Crippen LogP contribution in [0.15, 0.2) is 47.5 Å². The Hall–Kier alpha value is -2.54. The topological polar surface area (TPSA) is 65.5 Å². The van der Waals surface area contributed by atoms with Crippen LogP contribution in [-0.4, -0.2) is 43.7 Å². The zero-order valence-corrected chi connectivity index (χ0v) is 15.9. The van der Waals surface area contributed by atoms with E-state index in [0.29, 0.717) is 12.2 Å². The van der Waals surface area contributed by atoms with Crippen LogP contribution in [0.1, 0.15) is 6.42 Å². The lowest BCUT2D eigenvalue weighted by Gasteiger charge is -2.17. The van der Waals surface area contributed by atoms with Gasteiger partial charge >= 0.3 is 0 Å². The van der Waals surface area contributed by atoms with Crippen LogP contribution in [0.3, 0.4) is 0 Å². The van der Waals surface area contributed by atoms with Crippen LogP contribution in [0.4, 0.5) is 17.2 Å². The maximum Gasteiger partial charge on any atom is 0.229 e. The fraction of sp³-hybridized carbons (Fsp3) is 0.316. The second-order valence-corrected chi connectivity index (χ2v) is 7.28. The summed E-state index contributed by atoms with van der Waals surface area (Å²) in [6.07, 6.45) is 3.85. The van der Waals surface area contributed by atoms with Crippen molar-refractivity contribution in [2.75, 3.05) is 42.0 Å². The van der Waals surface area contributed by atoms with Gasteiger partial charge in [-0.05, 0) is 36.6 Å². The number of thioether (sulfide) groups is 1. The lowest BCUT2D eigenvalue weighted by atomic mass is 10.1. The van der Waals surface area contributed by atoms with Gasteiger partial charge in [-0.15, -0.1) is 11.8 Å². The molecule has 1 fully saturated rings. The Morgan fingerprint density at radius 3 is 2.77 bits per heavy atom. The summed E-state index contributed by atoms with van der Waals surface area (Å²) in [6, 6.07) is 11.5. The fourth-order valence-electron chi connectivity index (χ4n) is 2.88. The number of carbonyl (C=O) groups excluding carboxylic acids is 2. The average molecular weight is 370 g/mol. The van der Waals surface area contributed by atoms with E-state index in [0.717, 1.165) is 16.4 Å². The maximum atomic E-state index is 12.5. The van der Waals surface area contributed by atoms with Gasteiger partial charge in [0.05, 0.1) is 17.8 Å². The Morgan fingerprint density at radius 1 is 1.31 bits per heavy atom. The predicted octanol–water partition coefficient (Wildman–Crippen LogP) is 2.86. The second-order valence-electron chi connectivity index (χ2n) is 6.40. The average Bonchev–Trinajstić information content (AvgIpc) is 3.04. The molecular formula is C19H22N4O2S. The molecule has 0 saturated carbocycles. The molecule has 2 heterocycles. The Bertz CT molecular complexity index is 807. The van der Waals surface area contributed by atoms with Crippen molar-refractivity contribution in [3.63, 3.8) is 0 Å². The number of nitrogens with zero attached hydrogens (tertiary/aromatic N) is 3. The molecule has 2 amide bonds. The molecule has 0 spiro atoms. The first-order chi connectivity index (χ1) is 12.5. The van der Waals surface area contributed by atoms with E-state index in [9.17, 15) is 9.59 Å². The molecule has 0 aliphatic carbocycles. The molecule has 2 aromatic rings. The highest BCUT2D eigenvalue weighted by Gasteiger charge is 2.35. The Labute approximate surface area is 157 Å². The highest BCUT2D eigenvalue weighted by Crippen LogP contribution is 2.28. The molecule has 3 rings (SSSR count). The number of amides is 2. The van der Waals surface area contributed by atoms with Gasteiger partial charge in [0.15, 0.2) is 0 Å². The maximum absolute atomic E-state index is 12.5. The van der Waals surface area contributed by atoms with E-state index in [1.54, 1.807) is 22.9 Å². The third-order valence-electron chi connectivity index (χ3n) is 4.33. The summed E-state index contributed by atoms with van der Waals surface area (Å²) in [5.74, 6) is 0.276. The minimum absolute atomic E-state index is 0.0236. The minimum Gasteiger partial charge on any atom is -0.363 e. The number of nitrogens with one attached hydrogen (secondary N) is 1. The van der Waals surface area contributed by atoms with Gasteiger partial charge in [-0.1, -0.05) is 6.07 Å². The van der Waals surface area contributed by atoms with Gasteiger partial charge in [0.25, 0.3) is 0 Å². The van der Waals surface area contributed by atoms with Gasteiger partial charge < -0.3 is 15.1 Å². The Balaban J connectivity index is 1.66. The number of rotatable bonds is 5. The SMILES string of the molecule is CSc1cccc(N2C[C@@H](C(=O)Nc3ccc(N(C)C)nc3)CC2=O)c1. The van der Waals surface area contributed by atoms with Gasteiger partial charge in [-0.2, -0.15) is 0 Å². The highest BCUT2D eigenvalue weighted by molar-refractivity contribution is 7.98. The second kappa shape index (κ2) is 7.78. The minimum atomic E-state index is -0.367. The van der Waals surface area contributed by atoms with E-state index in [4.69, 9.17) is 0 Å². The molecule has 1 aromatic heterocycles. The van der Waals surface area contributed by atoms with Gasteiger partial charge in [-0.3, -0.25) is 9.59 Å². The van der Waals surface area contributed by atoms with E-state index in [-0.39, 0.29) is 24.2 Å². The molecule has 0 unspecified atom stereocenters. The Kier molecular flexibility index (Phi) is 5.46. The standard InChI is InChI=1S/C19H22N4O2S/c1-22(2)17-8-7-14(11-20-17)21-19(25)13-9-18(24)23(12-13)15-5-4-6-16(10-15)26-3/h4-8,10-11,13H,9,12H2,1-3H3,(H,21,25)/t13-/m0/s1. The van der Waals surface area contributed by atoms with Crippen LogP contribution in [0.5, 0.6) is 0 Å². The number of hydrogen-bond acceptors (Lipinski definition) is 5. The summed E-state index contributed by atoms with van der Waals surface area (Å²) < 4.78 is 0. The summed E-state index contributed by atoms with van der Waals surface area (Å²) in [7, 11) is 3.82. The van der Waals surface area contributed by atoms with Crippen molar-refractivity contribution in [2.24, 2.45) is 5.92 Å². The van der Waals surface area contributed by atoms with E-state index in [1.807, 2.05) is 61.6 Å². The molecule has 1 aliphatic rings. The smallest absolute Gasteiger partial charge is 0.229 e. The van der Waals surface area contributed by atoms with Gasteiger partial charge in [0.2, 0.25) is 11.8 Å². The number of anilines is 3. The van der Waals surface area contributed by atoms with Crippen LogP contribution in [0.2, 0.25) is 0 Å². The van der Waals surface area contributed by atoms with Gasteiger partial charge in [-0.25, -0.2) is 4.98 Å². The third-order valence-corrected chi connectivity index (χ3v) is 5.06. The first-order valence-electron chi connectivity index (χ1n) is 8.36. The molecule has 1 saturated heterocycles. The van der Waals surface area contributed by atoms with Crippen molar-refractivity contribution in [1.82, 2.24) is 4.98 Å². The fourth-order valence-corrected chi connectivity index (χ4v) is 3.33. The molecule has 1 N–H and O–H groups in total. The number of aromatic nitrogens is 1. The van der Waals surface area contributed by atoms with Crippen molar-refractivity contribution in [3.8, 4) is 0 Å². The van der Waals surface area contributed by atoms with Gasteiger partial charge in [0.1, 0.15) is 5.82 Å². The van der Waals surface area contributed by atoms with Crippen molar-refractivity contribution in [3.05, 3.63) is 42.6 Å². The summed E-state index contributed by atoms with van der Waals surface area (Å²) in [5, 5.41) is 2.86. The number of benzene rings is 1. The Morgan fingerprint density at radius 2 is 2.12 bits per heavy atom. The number of carbonyl (C=O) groups is 2. The van der Waals surface area contributed by atoms with Crippen LogP contribution in [0.25, 0.3) is 0 Å². The molecule has 136 valence electrons. The normalized spacial score (nSPS) is 16.7. The first kappa shape index (κ1) is 18.3. The van der Waals surface area contributed by atoms with Crippen molar-refractivity contribution in [2.45, 2.75) is 11.3 Å². The van der Waals surface area contributed by atoms with E-state index < -0.39 is 0 Å². The quantitative estimate of drug-likeness (QED) is 0.820. The van der Waals surface area contributed by atoms with Crippen LogP contribution < -0.4 is 15.1 Å². The third kappa shape index (κ3) is 3.99. The monoisotopic (exact) mass is 370 g/mol. The highest BCUT2D eigenvalue weighted by atomic mass is 32.2. The molecule has 1 aliphatic heterocycles. The first-order valence-corrected chi connectivity index (χ1v) is 9.59. The van der Waals surface area contributed by atoms with Crippen LogP contribution >= 0.6 is 11.8 Å². The summed E-state index contributed by atoms with van der Waals surface area (Å²) >= 11 is 1.63. The zero-order valence-electron chi connectivity index (χ0n) is 15.1. The summed E-state index contributed by atoms with van der Waals surface area (Å²) in [6.45, 7) is 0.395. The van der Waals surface area contributed by atoms with Crippen molar-refractivity contribution in [1.29, 1.82) is 0 Å². The molecule has 1 atom stereocenters. The molecule has 6 nitrogen and oxygen atoms in total.